The lowest BCUT2D eigenvalue weighted by atomic mass is 9.96. The summed E-state index contributed by atoms with van der Waals surface area (Å²) in [6, 6.07) is 4.20. The van der Waals surface area contributed by atoms with Gasteiger partial charge in [-0.3, -0.25) is 4.90 Å². The molecule has 33 heavy (non-hydrogen) atoms. The van der Waals surface area contributed by atoms with E-state index in [-0.39, 0.29) is 30.6 Å². The fourth-order valence-corrected chi connectivity index (χ4v) is 5.49. The standard InChI is InChI=1S/C25H31N3O5/c1-16-18(4-5-20-21(16)14-32-24(20)30)6-11-26-12-7-19(8-13-26)27-9-3-10-28(25(27)31)22-15-33-23(29)17(22)2/h4-5,19H,3,6-15H2,1-2H3. The maximum Gasteiger partial charge on any atom is 0.338 e. The third-order valence-electron chi connectivity index (χ3n) is 7.64. The van der Waals surface area contributed by atoms with E-state index in [4.69, 9.17) is 9.47 Å². The number of urea groups is 1. The highest BCUT2D eigenvalue weighted by atomic mass is 16.5. The maximum absolute atomic E-state index is 13.2. The Balaban J connectivity index is 1.16. The lowest BCUT2D eigenvalue weighted by Crippen LogP contribution is -2.55. The van der Waals surface area contributed by atoms with Crippen molar-refractivity contribution in [3.8, 4) is 0 Å². The van der Waals surface area contributed by atoms with E-state index in [2.05, 4.69) is 17.9 Å². The van der Waals surface area contributed by atoms with E-state index in [0.717, 1.165) is 63.1 Å². The fraction of sp³-hybridized carbons (Fsp3) is 0.560. The molecule has 2 amide bonds. The van der Waals surface area contributed by atoms with Crippen molar-refractivity contribution >= 4 is 18.0 Å². The van der Waals surface area contributed by atoms with Crippen molar-refractivity contribution < 1.29 is 23.9 Å². The number of carbonyl (C=O) groups is 3. The molecule has 0 spiro atoms. The molecule has 5 rings (SSSR count). The number of nitrogens with zero attached hydrogens (tertiary/aromatic N) is 3. The highest BCUT2D eigenvalue weighted by molar-refractivity contribution is 5.94. The van der Waals surface area contributed by atoms with Crippen LogP contribution in [-0.4, -0.2) is 78.0 Å². The zero-order chi connectivity index (χ0) is 23.1. The van der Waals surface area contributed by atoms with Gasteiger partial charge in [-0.05, 0) is 56.7 Å². The predicted octanol–water partition coefficient (Wildman–Crippen LogP) is 2.63. The fourth-order valence-electron chi connectivity index (χ4n) is 5.49. The van der Waals surface area contributed by atoms with Gasteiger partial charge in [0.2, 0.25) is 0 Å². The Morgan fingerprint density at radius 1 is 0.939 bits per heavy atom. The van der Waals surface area contributed by atoms with Crippen LogP contribution in [0, 0.1) is 6.92 Å². The molecule has 2 fully saturated rings. The monoisotopic (exact) mass is 453 g/mol. The summed E-state index contributed by atoms with van der Waals surface area (Å²) in [5, 5.41) is 0. The van der Waals surface area contributed by atoms with Crippen LogP contribution in [0.3, 0.4) is 0 Å². The second-order valence-electron chi connectivity index (χ2n) is 9.40. The van der Waals surface area contributed by atoms with Crippen molar-refractivity contribution in [1.82, 2.24) is 14.7 Å². The lowest BCUT2D eigenvalue weighted by Gasteiger charge is -2.43. The van der Waals surface area contributed by atoms with Crippen LogP contribution in [0.1, 0.15) is 53.2 Å². The third-order valence-corrected chi connectivity index (χ3v) is 7.64. The van der Waals surface area contributed by atoms with Crippen LogP contribution in [0.4, 0.5) is 4.79 Å². The topological polar surface area (TPSA) is 79.4 Å². The first-order valence-electron chi connectivity index (χ1n) is 11.9. The van der Waals surface area contributed by atoms with Crippen molar-refractivity contribution in [2.45, 2.75) is 52.2 Å². The second kappa shape index (κ2) is 8.82. The average Bonchev–Trinajstić information content (AvgIpc) is 3.36. The van der Waals surface area contributed by atoms with Crippen LogP contribution in [0.5, 0.6) is 0 Å². The third kappa shape index (κ3) is 4.01. The van der Waals surface area contributed by atoms with E-state index in [1.54, 1.807) is 11.8 Å². The van der Waals surface area contributed by atoms with Gasteiger partial charge in [-0.1, -0.05) is 6.07 Å². The van der Waals surface area contributed by atoms with Crippen LogP contribution >= 0.6 is 0 Å². The molecule has 0 unspecified atom stereocenters. The minimum absolute atomic E-state index is 0.0119. The number of cyclic esters (lactones) is 2. The summed E-state index contributed by atoms with van der Waals surface area (Å²) < 4.78 is 10.3. The Bertz CT molecular complexity index is 1030. The molecular weight excluding hydrogens is 422 g/mol. The highest BCUT2D eigenvalue weighted by Crippen LogP contribution is 2.28. The first-order chi connectivity index (χ1) is 15.9. The molecule has 0 aromatic heterocycles. The SMILES string of the molecule is CC1=C(N2CCCN(C3CCN(CCc4ccc5c(c4C)COC5=O)CC3)C2=O)COC1=O. The summed E-state index contributed by atoms with van der Waals surface area (Å²) in [4.78, 5) is 42.9. The molecule has 4 heterocycles. The van der Waals surface area contributed by atoms with Crippen LogP contribution in [0.25, 0.3) is 0 Å². The van der Waals surface area contributed by atoms with E-state index in [9.17, 15) is 14.4 Å². The van der Waals surface area contributed by atoms with Crippen LogP contribution < -0.4 is 0 Å². The van der Waals surface area contributed by atoms with Crippen molar-refractivity contribution in [2.24, 2.45) is 0 Å². The summed E-state index contributed by atoms with van der Waals surface area (Å²) in [5.41, 5.74) is 5.46. The minimum atomic E-state index is -0.319. The van der Waals surface area contributed by atoms with Gasteiger partial charge in [-0.2, -0.15) is 0 Å². The van der Waals surface area contributed by atoms with Gasteiger partial charge < -0.3 is 19.3 Å². The molecule has 2 saturated heterocycles. The Morgan fingerprint density at radius 2 is 1.70 bits per heavy atom. The summed E-state index contributed by atoms with van der Waals surface area (Å²) in [6.07, 6.45) is 3.76. The summed E-state index contributed by atoms with van der Waals surface area (Å²) in [6.45, 7) is 8.71. The summed E-state index contributed by atoms with van der Waals surface area (Å²) >= 11 is 0. The van der Waals surface area contributed by atoms with Crippen LogP contribution in [0.2, 0.25) is 0 Å². The number of rotatable bonds is 5. The number of hydrogen-bond acceptors (Lipinski definition) is 6. The summed E-state index contributed by atoms with van der Waals surface area (Å²) in [7, 11) is 0. The molecule has 0 atom stereocenters. The minimum Gasteiger partial charge on any atom is -0.457 e. The van der Waals surface area contributed by atoms with E-state index < -0.39 is 0 Å². The van der Waals surface area contributed by atoms with Crippen molar-refractivity contribution in [2.75, 3.05) is 39.3 Å². The van der Waals surface area contributed by atoms with Crippen LogP contribution in [0.15, 0.2) is 23.4 Å². The quantitative estimate of drug-likeness (QED) is 0.638. The number of fused-ring (bicyclic) bond motifs is 1. The molecule has 0 radical (unpaired) electrons. The van der Waals surface area contributed by atoms with E-state index in [1.807, 2.05) is 11.0 Å². The van der Waals surface area contributed by atoms with Crippen molar-refractivity contribution in [3.63, 3.8) is 0 Å². The number of amides is 2. The molecule has 4 aliphatic heterocycles. The molecular formula is C25H31N3O5. The Hall–Kier alpha value is -2.87. The average molecular weight is 454 g/mol. The molecule has 8 heteroatoms. The predicted molar refractivity (Wildman–Crippen MR) is 121 cm³/mol. The second-order valence-corrected chi connectivity index (χ2v) is 9.40. The van der Waals surface area contributed by atoms with Gasteiger partial charge >= 0.3 is 18.0 Å². The zero-order valence-corrected chi connectivity index (χ0v) is 19.4. The van der Waals surface area contributed by atoms with Crippen molar-refractivity contribution in [3.05, 3.63) is 45.7 Å². The molecule has 0 saturated carbocycles. The Kier molecular flexibility index (Phi) is 5.86. The van der Waals surface area contributed by atoms with Gasteiger partial charge in [0.25, 0.3) is 0 Å². The van der Waals surface area contributed by atoms with Gasteiger partial charge in [0, 0.05) is 44.3 Å². The number of carbonyl (C=O) groups excluding carboxylic acids is 3. The largest absolute Gasteiger partial charge is 0.457 e. The zero-order valence-electron chi connectivity index (χ0n) is 19.4. The van der Waals surface area contributed by atoms with E-state index in [0.29, 0.717) is 24.3 Å². The van der Waals surface area contributed by atoms with Crippen LogP contribution in [-0.2, 0) is 27.3 Å². The molecule has 0 bridgehead atoms. The molecule has 8 nitrogen and oxygen atoms in total. The molecule has 176 valence electrons. The van der Waals surface area contributed by atoms with Gasteiger partial charge in [0.1, 0.15) is 13.2 Å². The van der Waals surface area contributed by atoms with Gasteiger partial charge in [-0.15, -0.1) is 0 Å². The van der Waals surface area contributed by atoms with Gasteiger partial charge in [0.05, 0.1) is 16.8 Å². The molecule has 4 aliphatic rings. The normalized spacial score (nSPS) is 22.2. The Labute approximate surface area is 194 Å². The number of esters is 2. The smallest absolute Gasteiger partial charge is 0.338 e. The number of likely N-dealkylation sites (tertiary alicyclic amines) is 1. The first kappa shape index (κ1) is 21.9. The summed E-state index contributed by atoms with van der Waals surface area (Å²) in [5.74, 6) is -0.535. The first-order valence-corrected chi connectivity index (χ1v) is 11.9. The van der Waals surface area contributed by atoms with E-state index in [1.165, 1.54) is 11.1 Å². The van der Waals surface area contributed by atoms with E-state index >= 15 is 0 Å². The molecule has 0 N–H and O–H groups in total. The number of hydrogen-bond donors (Lipinski definition) is 0. The number of benzene rings is 1. The maximum atomic E-state index is 13.2. The number of ether oxygens (including phenoxy) is 2. The van der Waals surface area contributed by atoms with Gasteiger partial charge in [0.15, 0.2) is 0 Å². The number of piperidine rings is 1. The molecule has 0 aliphatic carbocycles. The lowest BCUT2D eigenvalue weighted by molar-refractivity contribution is -0.136. The highest BCUT2D eigenvalue weighted by Gasteiger charge is 2.37. The Morgan fingerprint density at radius 3 is 2.42 bits per heavy atom. The molecule has 1 aromatic carbocycles. The van der Waals surface area contributed by atoms with Crippen molar-refractivity contribution in [1.29, 1.82) is 0 Å². The molecule has 1 aromatic rings. The van der Waals surface area contributed by atoms with Gasteiger partial charge in [-0.25, -0.2) is 14.4 Å².